The van der Waals surface area contributed by atoms with E-state index in [-0.39, 0.29) is 48.1 Å². The summed E-state index contributed by atoms with van der Waals surface area (Å²) in [6.45, 7) is 11.4. The molecule has 416 valence electrons. The predicted molar refractivity (Wildman–Crippen MR) is 282 cm³/mol. The number of anilines is 1. The number of benzene rings is 2. The molecule has 1 saturated heterocycles. The summed E-state index contributed by atoms with van der Waals surface area (Å²) in [5.74, 6) is 4.19. The fourth-order valence-corrected chi connectivity index (χ4v) is 13.4. The molecule has 0 saturated carbocycles. The first-order chi connectivity index (χ1) is 36.2. The quantitative estimate of drug-likeness (QED) is 0.00682. The van der Waals surface area contributed by atoms with E-state index in [4.69, 9.17) is 34.3 Å². The highest BCUT2D eigenvalue weighted by molar-refractivity contribution is 8.77. The molecule has 3 aliphatic rings. The Labute approximate surface area is 447 Å². The molecule has 6 rings (SSSR count). The van der Waals surface area contributed by atoms with Crippen molar-refractivity contribution in [3.05, 3.63) is 125 Å². The molecule has 32 heteroatoms. The fraction of sp³-hybridized carbons (Fsp3) is 0.444. The number of H-pyrrole nitrogens is 1. The van der Waals surface area contributed by atoms with Gasteiger partial charge in [-0.2, -0.15) is 8.62 Å². The number of phosphoric acid groups is 3. The fourth-order valence-electron chi connectivity index (χ4n) is 8.22. The number of phosphoric ester groups is 1. The molecule has 7 atom stereocenters. The molecule has 0 radical (unpaired) electrons. The molecule has 1 fully saturated rings. The van der Waals surface area contributed by atoms with Crippen LogP contribution in [0.5, 0.6) is 5.75 Å². The number of aryl methyl sites for hydroxylation is 1. The second kappa shape index (κ2) is 26.1. The van der Waals surface area contributed by atoms with Gasteiger partial charge in [-0.1, -0.05) is 50.7 Å². The Kier molecular flexibility index (Phi) is 20.6. The molecule has 8 N–H and O–H groups in total. The van der Waals surface area contributed by atoms with E-state index in [1.165, 1.54) is 27.7 Å². The standard InChI is InChI=1S/C45H55N8O19P3S2/c1-7-47-33-17-35-31(14-25(33)3)40(32-15-26(4)34(48-8-2)18-36(32)69-35)29-12-11-27(16-30(29)43(56)57)41(54)49-22-45(5,6)77-76-24-66-13-9-10-28-20-53(44(58)51-42(28)55)39-19-37(67-23-50-52-46)38(70-39)21-68-74(62,63)72-75(64,65)71-73(59,60)61/h11-12,14-18,20,31,37-40,48H,7-8,13,19,21-24H2,1-6H3,(H,49,54)(H,56,57)(H,62,63)(H,64,65)(H,51,55,58)(H2,59,60,61)/t31?,37?,38-,39-,40?/m1/s1. The SMILES string of the molecule is CCN=C1C=C2Oc3cc(NCC)c(C)cc3C(c3ccc(C(=O)NCC(C)(C)SSCOCC#Cc4cn([C@H]5CC(OCN=[N+]=[N-])[C@@H](COP(=O)(O)OP(=O)(O)OP(=O)(O)O)O5)c(=O)[nH]c4=O)cc3C(=O)O)C2C=C1C. The third-order valence-corrected chi connectivity index (χ3v) is 18.2. The lowest BCUT2D eigenvalue weighted by Gasteiger charge is -2.37. The highest BCUT2D eigenvalue weighted by atomic mass is 33.1. The summed E-state index contributed by atoms with van der Waals surface area (Å²) >= 11 is 0. The van der Waals surface area contributed by atoms with Crippen molar-refractivity contribution in [2.24, 2.45) is 16.0 Å². The van der Waals surface area contributed by atoms with Crippen molar-refractivity contribution in [2.75, 3.05) is 50.8 Å². The van der Waals surface area contributed by atoms with Crippen LogP contribution in [0.4, 0.5) is 5.69 Å². The molecule has 3 heterocycles. The number of allylic oxidation sites excluding steroid dienone is 3. The predicted octanol–water partition coefficient (Wildman–Crippen LogP) is 6.62. The second-order valence-electron chi connectivity index (χ2n) is 17.6. The van der Waals surface area contributed by atoms with Gasteiger partial charge in [0, 0.05) is 82.7 Å². The van der Waals surface area contributed by atoms with E-state index in [0.29, 0.717) is 30.2 Å². The molecule has 0 spiro atoms. The average Bonchev–Trinajstić information content (AvgIpc) is 3.75. The van der Waals surface area contributed by atoms with Gasteiger partial charge in [-0.15, -0.1) is 0 Å². The summed E-state index contributed by atoms with van der Waals surface area (Å²) in [6, 6.07) is 8.68. The van der Waals surface area contributed by atoms with Gasteiger partial charge in [0.15, 0.2) is 0 Å². The highest BCUT2D eigenvalue weighted by Crippen LogP contribution is 2.66. The van der Waals surface area contributed by atoms with Gasteiger partial charge in [0.25, 0.3) is 11.5 Å². The second-order valence-corrected chi connectivity index (χ2v) is 25.0. The Balaban J connectivity index is 1.05. The molecule has 2 aliphatic heterocycles. The largest absolute Gasteiger partial charge is 0.490 e. The van der Waals surface area contributed by atoms with E-state index in [9.17, 15) is 47.8 Å². The van der Waals surface area contributed by atoms with Gasteiger partial charge < -0.3 is 54.3 Å². The van der Waals surface area contributed by atoms with Crippen molar-refractivity contribution < 1.29 is 80.1 Å². The molecular formula is C45H55N8O19P3S2. The maximum Gasteiger partial charge on any atom is 0.490 e. The molecule has 1 aromatic heterocycles. The Morgan fingerprint density at radius 3 is 2.51 bits per heavy atom. The number of fused-ring (bicyclic) bond motifs is 2. The van der Waals surface area contributed by atoms with Crippen LogP contribution in [-0.2, 0) is 41.1 Å². The van der Waals surface area contributed by atoms with Crippen LogP contribution in [0.2, 0.25) is 0 Å². The van der Waals surface area contributed by atoms with E-state index >= 15 is 0 Å². The molecule has 1 amide bonds. The number of azide groups is 1. The first kappa shape index (κ1) is 60.9. The number of carbonyl (C=O) groups excluding carboxylic acids is 1. The van der Waals surface area contributed by atoms with Gasteiger partial charge in [0.1, 0.15) is 48.7 Å². The minimum atomic E-state index is -5.84. The summed E-state index contributed by atoms with van der Waals surface area (Å²) < 4.78 is 70.8. The Morgan fingerprint density at radius 1 is 1.06 bits per heavy atom. The number of hydrogen-bond donors (Lipinski definition) is 8. The smallest absolute Gasteiger partial charge is 0.478 e. The normalized spacial score (nSPS) is 21.1. The van der Waals surface area contributed by atoms with Gasteiger partial charge >= 0.3 is 35.1 Å². The summed E-state index contributed by atoms with van der Waals surface area (Å²) in [7, 11) is -14.4. The Hall–Kier alpha value is -5.33. The van der Waals surface area contributed by atoms with Crippen LogP contribution in [0.3, 0.4) is 0 Å². The van der Waals surface area contributed by atoms with Crippen molar-refractivity contribution in [3.63, 3.8) is 0 Å². The van der Waals surface area contributed by atoms with Crippen molar-refractivity contribution in [1.82, 2.24) is 14.9 Å². The number of aromatic carboxylic acids is 1. The summed E-state index contributed by atoms with van der Waals surface area (Å²) in [5, 5.41) is 20.1. The van der Waals surface area contributed by atoms with Gasteiger partial charge in [-0.3, -0.25) is 28.7 Å². The number of nitrogens with zero attached hydrogens (tertiary/aromatic N) is 5. The zero-order valence-corrected chi connectivity index (χ0v) is 46.3. The van der Waals surface area contributed by atoms with Crippen LogP contribution < -0.4 is 26.6 Å². The molecule has 5 unspecified atom stereocenters. The maximum atomic E-state index is 13.6. The third kappa shape index (κ3) is 16.6. The highest BCUT2D eigenvalue weighted by Gasteiger charge is 2.44. The number of nitrogens with one attached hydrogen (secondary N) is 3. The Morgan fingerprint density at radius 2 is 1.82 bits per heavy atom. The first-order valence-corrected chi connectivity index (χ1v) is 30.0. The van der Waals surface area contributed by atoms with E-state index in [2.05, 4.69) is 61.7 Å². The van der Waals surface area contributed by atoms with Crippen LogP contribution in [0.25, 0.3) is 10.4 Å². The first-order valence-electron chi connectivity index (χ1n) is 23.2. The maximum absolute atomic E-state index is 13.6. The number of hydrogen-bond acceptors (Lipinski definition) is 19. The van der Waals surface area contributed by atoms with Gasteiger partial charge in [0.05, 0.1) is 24.0 Å². The van der Waals surface area contributed by atoms with Gasteiger partial charge in [-0.25, -0.2) is 23.3 Å². The zero-order chi connectivity index (χ0) is 56.5. The molecular weight excluding hydrogens is 1110 g/mol. The zero-order valence-electron chi connectivity index (χ0n) is 42.0. The Bertz CT molecular complexity index is 3240. The topological polar surface area (TPSA) is 391 Å². The van der Waals surface area contributed by atoms with Gasteiger partial charge in [-0.05, 0) is 82.0 Å². The summed E-state index contributed by atoms with van der Waals surface area (Å²) in [5.41, 5.74) is 11.7. The number of carbonyl (C=O) groups is 2. The summed E-state index contributed by atoms with van der Waals surface area (Å²) in [6.07, 6.45) is 1.02. The molecule has 1 aliphatic carbocycles. The summed E-state index contributed by atoms with van der Waals surface area (Å²) in [4.78, 5) is 98.4. The van der Waals surface area contributed by atoms with Crippen LogP contribution in [-0.4, -0.2) is 114 Å². The molecule has 3 aromatic rings. The van der Waals surface area contributed by atoms with Crippen molar-refractivity contribution in [1.29, 1.82) is 0 Å². The van der Waals surface area contributed by atoms with Gasteiger partial charge in [0.2, 0.25) is 0 Å². The monoisotopic (exact) mass is 1170 g/mol. The number of aromatic amines is 1. The lowest BCUT2D eigenvalue weighted by Crippen LogP contribution is -2.36. The number of ether oxygens (including phenoxy) is 4. The number of carboxylic acids is 1. The number of aromatic nitrogens is 2. The number of aliphatic imine (C=N–C) groups is 1. The van der Waals surface area contributed by atoms with Crippen LogP contribution in [0.1, 0.15) is 96.2 Å². The van der Waals surface area contributed by atoms with Crippen LogP contribution >= 0.6 is 45.1 Å². The molecule has 2 aromatic carbocycles. The number of rotatable bonds is 24. The van der Waals surface area contributed by atoms with Crippen LogP contribution in [0.15, 0.2) is 79.7 Å². The minimum absolute atomic E-state index is 0.0171. The van der Waals surface area contributed by atoms with E-state index in [1.54, 1.807) is 12.1 Å². The molecule has 77 heavy (non-hydrogen) atoms. The van der Waals surface area contributed by atoms with Crippen molar-refractivity contribution >= 4 is 68.3 Å². The van der Waals surface area contributed by atoms with E-state index in [0.717, 1.165) is 38.9 Å². The molecule has 0 bridgehead atoms. The van der Waals surface area contributed by atoms with E-state index in [1.807, 2.05) is 59.8 Å². The number of amides is 1. The van der Waals surface area contributed by atoms with E-state index < -0.39 is 89.0 Å². The average molecular weight is 1170 g/mol. The number of carboxylic acid groups (broad SMARTS) is 1. The van der Waals surface area contributed by atoms with Crippen molar-refractivity contribution in [3.8, 4) is 17.6 Å². The van der Waals surface area contributed by atoms with Crippen LogP contribution in [0, 0.1) is 24.7 Å². The molecule has 27 nitrogen and oxygen atoms in total. The lowest BCUT2D eigenvalue weighted by molar-refractivity contribution is -0.0601. The third-order valence-electron chi connectivity index (χ3n) is 11.5. The minimum Gasteiger partial charge on any atom is -0.478 e. The van der Waals surface area contributed by atoms with Crippen molar-refractivity contribution in [2.45, 2.75) is 77.1 Å². The lowest BCUT2D eigenvalue weighted by atomic mass is 9.73.